The topological polar surface area (TPSA) is 43.8 Å². The Kier molecular flexibility index (Phi) is 2.92. The first-order valence-corrected chi connectivity index (χ1v) is 6.58. The van der Waals surface area contributed by atoms with Crippen molar-refractivity contribution in [2.75, 3.05) is 0 Å². The van der Waals surface area contributed by atoms with Gasteiger partial charge >= 0.3 is 0 Å². The summed E-state index contributed by atoms with van der Waals surface area (Å²) in [4.78, 5) is 0. The van der Waals surface area contributed by atoms with E-state index in [0.29, 0.717) is 12.5 Å². The lowest BCUT2D eigenvalue weighted by Gasteiger charge is -2.08. The number of benzene rings is 1. The highest BCUT2D eigenvalue weighted by atomic mass is 15.3. The molecule has 1 aromatic carbocycles. The fraction of sp³-hybridized carbons (Fsp3) is 0.400. The third-order valence-electron chi connectivity index (χ3n) is 3.60. The fourth-order valence-electron chi connectivity index (χ4n) is 2.41. The highest BCUT2D eigenvalue weighted by Crippen LogP contribution is 2.41. The molecule has 94 valence electrons. The molecule has 1 aliphatic carbocycles. The van der Waals surface area contributed by atoms with E-state index >= 15 is 0 Å². The monoisotopic (exact) mass is 241 g/mol. The Hall–Kier alpha value is -1.61. The third kappa shape index (κ3) is 2.18. The quantitative estimate of drug-likeness (QED) is 0.894. The number of aromatic nitrogens is 2. The molecule has 2 aromatic rings. The van der Waals surface area contributed by atoms with Crippen molar-refractivity contribution in [3.63, 3.8) is 0 Å². The highest BCUT2D eigenvalue weighted by molar-refractivity contribution is 5.27. The molecule has 2 N–H and O–H groups in total. The van der Waals surface area contributed by atoms with Crippen LogP contribution in [0.25, 0.3) is 0 Å². The first-order chi connectivity index (χ1) is 8.78. The van der Waals surface area contributed by atoms with E-state index in [2.05, 4.69) is 41.0 Å². The van der Waals surface area contributed by atoms with Crippen LogP contribution in [0.4, 0.5) is 0 Å². The molecule has 0 bridgehead atoms. The van der Waals surface area contributed by atoms with Gasteiger partial charge in [0.25, 0.3) is 0 Å². The van der Waals surface area contributed by atoms with Gasteiger partial charge in [0.15, 0.2) is 0 Å². The normalized spacial score (nSPS) is 15.0. The van der Waals surface area contributed by atoms with E-state index in [-0.39, 0.29) is 0 Å². The van der Waals surface area contributed by atoms with Gasteiger partial charge in [0.1, 0.15) is 0 Å². The molecule has 1 aromatic heterocycles. The van der Waals surface area contributed by atoms with Crippen LogP contribution in [0.3, 0.4) is 0 Å². The summed E-state index contributed by atoms with van der Waals surface area (Å²) in [5.41, 5.74) is 11.0. The van der Waals surface area contributed by atoms with Gasteiger partial charge in [0, 0.05) is 23.7 Å². The largest absolute Gasteiger partial charge is 0.326 e. The van der Waals surface area contributed by atoms with Crippen LogP contribution < -0.4 is 5.73 Å². The van der Waals surface area contributed by atoms with Gasteiger partial charge < -0.3 is 5.73 Å². The number of hydrogen-bond acceptors (Lipinski definition) is 2. The molecular weight excluding hydrogens is 222 g/mol. The molecule has 1 fully saturated rings. The van der Waals surface area contributed by atoms with Crippen molar-refractivity contribution in [3.05, 3.63) is 52.8 Å². The maximum absolute atomic E-state index is 5.79. The summed E-state index contributed by atoms with van der Waals surface area (Å²) in [6, 6.07) is 8.66. The SMILES string of the molecule is Cc1ccc(Cn2ncc(CN)c2C2CC2)cc1. The summed E-state index contributed by atoms with van der Waals surface area (Å²) in [6.07, 6.45) is 4.50. The van der Waals surface area contributed by atoms with E-state index in [9.17, 15) is 0 Å². The molecule has 0 spiro atoms. The van der Waals surface area contributed by atoms with E-state index in [1.165, 1.54) is 35.2 Å². The van der Waals surface area contributed by atoms with Gasteiger partial charge in [0.2, 0.25) is 0 Å². The van der Waals surface area contributed by atoms with Crippen molar-refractivity contribution in [2.45, 2.75) is 38.8 Å². The van der Waals surface area contributed by atoms with Crippen LogP contribution in [0.5, 0.6) is 0 Å². The summed E-state index contributed by atoms with van der Waals surface area (Å²) in [5, 5.41) is 4.50. The molecule has 3 heteroatoms. The lowest BCUT2D eigenvalue weighted by molar-refractivity contribution is 0.644. The Labute approximate surface area is 108 Å². The Balaban J connectivity index is 1.88. The molecule has 3 rings (SSSR count). The zero-order chi connectivity index (χ0) is 12.5. The van der Waals surface area contributed by atoms with Gasteiger partial charge in [-0.25, -0.2) is 0 Å². The van der Waals surface area contributed by atoms with E-state index in [1.54, 1.807) is 0 Å². The van der Waals surface area contributed by atoms with Gasteiger partial charge in [-0.3, -0.25) is 4.68 Å². The Morgan fingerprint density at radius 3 is 2.61 bits per heavy atom. The number of rotatable bonds is 4. The zero-order valence-corrected chi connectivity index (χ0v) is 10.8. The molecule has 0 radical (unpaired) electrons. The van der Waals surface area contributed by atoms with E-state index in [1.807, 2.05) is 6.20 Å². The molecule has 0 amide bonds. The minimum atomic E-state index is 0.597. The summed E-state index contributed by atoms with van der Waals surface area (Å²) in [6.45, 7) is 3.56. The highest BCUT2D eigenvalue weighted by Gasteiger charge is 2.29. The molecule has 1 aliphatic rings. The summed E-state index contributed by atoms with van der Waals surface area (Å²) in [7, 11) is 0. The van der Waals surface area contributed by atoms with Gasteiger partial charge in [-0.1, -0.05) is 29.8 Å². The maximum atomic E-state index is 5.79. The standard InChI is InChI=1S/C15H19N3/c1-11-2-4-12(5-3-11)10-18-15(13-6-7-13)14(8-16)9-17-18/h2-5,9,13H,6-8,10,16H2,1H3. The molecule has 0 saturated heterocycles. The molecule has 0 aliphatic heterocycles. The van der Waals surface area contributed by atoms with Crippen LogP contribution in [0, 0.1) is 6.92 Å². The fourth-order valence-corrected chi connectivity index (χ4v) is 2.41. The second-order valence-corrected chi connectivity index (χ2v) is 5.18. The van der Waals surface area contributed by atoms with Crippen molar-refractivity contribution in [2.24, 2.45) is 5.73 Å². The average molecular weight is 241 g/mol. The van der Waals surface area contributed by atoms with Gasteiger partial charge in [-0.15, -0.1) is 0 Å². The van der Waals surface area contributed by atoms with Crippen molar-refractivity contribution in [3.8, 4) is 0 Å². The lowest BCUT2D eigenvalue weighted by atomic mass is 10.1. The zero-order valence-electron chi connectivity index (χ0n) is 10.8. The minimum absolute atomic E-state index is 0.597. The molecular formula is C15H19N3. The number of hydrogen-bond donors (Lipinski definition) is 1. The second-order valence-electron chi connectivity index (χ2n) is 5.18. The van der Waals surface area contributed by atoms with Crippen molar-refractivity contribution < 1.29 is 0 Å². The van der Waals surface area contributed by atoms with Crippen LogP contribution in [-0.4, -0.2) is 9.78 Å². The summed E-state index contributed by atoms with van der Waals surface area (Å²) >= 11 is 0. The molecule has 18 heavy (non-hydrogen) atoms. The Morgan fingerprint density at radius 1 is 1.28 bits per heavy atom. The molecule has 1 saturated carbocycles. The first kappa shape index (κ1) is 11.5. The molecule has 0 unspecified atom stereocenters. The van der Waals surface area contributed by atoms with Gasteiger partial charge in [-0.05, 0) is 25.3 Å². The molecule has 1 heterocycles. The van der Waals surface area contributed by atoms with Crippen LogP contribution in [-0.2, 0) is 13.1 Å². The smallest absolute Gasteiger partial charge is 0.0662 e. The minimum Gasteiger partial charge on any atom is -0.326 e. The number of aryl methyl sites for hydroxylation is 1. The summed E-state index contributed by atoms with van der Waals surface area (Å²) < 4.78 is 2.13. The molecule has 0 atom stereocenters. The number of nitrogens with two attached hydrogens (primary N) is 1. The van der Waals surface area contributed by atoms with Gasteiger partial charge in [0.05, 0.1) is 12.7 Å². The average Bonchev–Trinajstić information content (AvgIpc) is 3.14. The van der Waals surface area contributed by atoms with Crippen LogP contribution in [0.1, 0.15) is 41.1 Å². The van der Waals surface area contributed by atoms with Crippen molar-refractivity contribution in [1.82, 2.24) is 9.78 Å². The summed E-state index contributed by atoms with van der Waals surface area (Å²) in [5.74, 6) is 0.691. The lowest BCUT2D eigenvalue weighted by Crippen LogP contribution is -2.08. The van der Waals surface area contributed by atoms with Crippen molar-refractivity contribution >= 4 is 0 Å². The van der Waals surface area contributed by atoms with Crippen LogP contribution >= 0.6 is 0 Å². The van der Waals surface area contributed by atoms with Crippen LogP contribution in [0.15, 0.2) is 30.5 Å². The van der Waals surface area contributed by atoms with Gasteiger partial charge in [-0.2, -0.15) is 5.10 Å². The first-order valence-electron chi connectivity index (χ1n) is 6.58. The van der Waals surface area contributed by atoms with E-state index in [0.717, 1.165) is 6.54 Å². The Bertz CT molecular complexity index is 535. The second kappa shape index (κ2) is 4.58. The van der Waals surface area contributed by atoms with E-state index < -0.39 is 0 Å². The Morgan fingerprint density at radius 2 is 2.00 bits per heavy atom. The predicted molar refractivity (Wildman–Crippen MR) is 72.4 cm³/mol. The maximum Gasteiger partial charge on any atom is 0.0662 e. The molecule has 3 nitrogen and oxygen atoms in total. The van der Waals surface area contributed by atoms with E-state index in [4.69, 9.17) is 5.73 Å². The van der Waals surface area contributed by atoms with Crippen LogP contribution in [0.2, 0.25) is 0 Å². The number of nitrogens with zero attached hydrogens (tertiary/aromatic N) is 2. The van der Waals surface area contributed by atoms with Crippen molar-refractivity contribution in [1.29, 1.82) is 0 Å². The predicted octanol–water partition coefficient (Wildman–Crippen LogP) is 2.58. The third-order valence-corrected chi connectivity index (χ3v) is 3.60.